The summed E-state index contributed by atoms with van der Waals surface area (Å²) in [6.45, 7) is 2.21. The fraction of sp³-hybridized carbons (Fsp3) is 0.579. The third-order valence-corrected chi connectivity index (χ3v) is 3.82. The first kappa shape index (κ1) is 18.4. The Hall–Kier alpha value is -1.64. The van der Waals surface area contributed by atoms with Crippen molar-refractivity contribution in [2.75, 3.05) is 0 Å². The van der Waals surface area contributed by atoms with E-state index in [2.05, 4.69) is 12.2 Å². The molecule has 1 aromatic carbocycles. The van der Waals surface area contributed by atoms with Crippen molar-refractivity contribution >= 4 is 12.2 Å². The van der Waals surface area contributed by atoms with Gasteiger partial charge in [0.2, 0.25) is 5.91 Å². The Morgan fingerprint density at radius 1 is 1.05 bits per heavy atom. The van der Waals surface area contributed by atoms with Crippen molar-refractivity contribution in [2.24, 2.45) is 0 Å². The zero-order valence-electron chi connectivity index (χ0n) is 13.7. The number of amides is 1. The molecule has 0 bridgehead atoms. The molecule has 122 valence electrons. The van der Waals surface area contributed by atoms with E-state index in [1.807, 2.05) is 30.3 Å². The predicted molar refractivity (Wildman–Crippen MR) is 90.8 cm³/mol. The van der Waals surface area contributed by atoms with E-state index in [-0.39, 0.29) is 5.91 Å². The molecule has 1 aromatic rings. The lowest BCUT2D eigenvalue weighted by Crippen LogP contribution is -2.37. The van der Waals surface area contributed by atoms with E-state index in [0.29, 0.717) is 12.8 Å². The highest BCUT2D eigenvalue weighted by molar-refractivity contribution is 5.79. The van der Waals surface area contributed by atoms with Crippen LogP contribution < -0.4 is 5.32 Å². The lowest BCUT2D eigenvalue weighted by Gasteiger charge is -2.12. The van der Waals surface area contributed by atoms with Crippen molar-refractivity contribution in [3.63, 3.8) is 0 Å². The van der Waals surface area contributed by atoms with Gasteiger partial charge in [0, 0.05) is 6.42 Å². The predicted octanol–water partition coefficient (Wildman–Crippen LogP) is 4.05. The van der Waals surface area contributed by atoms with E-state index >= 15 is 0 Å². The fourth-order valence-electron chi connectivity index (χ4n) is 2.52. The Kier molecular flexibility index (Phi) is 10.0. The first-order valence-electron chi connectivity index (χ1n) is 8.54. The van der Waals surface area contributed by atoms with E-state index in [9.17, 15) is 9.59 Å². The number of hydrogen-bond donors (Lipinski definition) is 1. The van der Waals surface area contributed by atoms with Gasteiger partial charge in [-0.15, -0.1) is 0 Å². The lowest BCUT2D eigenvalue weighted by atomic mass is 10.1. The summed E-state index contributed by atoms with van der Waals surface area (Å²) in [4.78, 5) is 23.0. The van der Waals surface area contributed by atoms with Crippen LogP contribution in [0, 0.1) is 0 Å². The van der Waals surface area contributed by atoms with Crippen molar-refractivity contribution in [2.45, 2.75) is 70.8 Å². The number of carbonyl (C=O) groups excluding carboxylic acids is 2. The minimum absolute atomic E-state index is 0.0124. The maximum Gasteiger partial charge on any atom is 0.220 e. The number of aldehydes is 1. The second kappa shape index (κ2) is 12.0. The summed E-state index contributed by atoms with van der Waals surface area (Å²) < 4.78 is 0. The van der Waals surface area contributed by atoms with E-state index < -0.39 is 6.04 Å². The highest BCUT2D eigenvalue weighted by Gasteiger charge is 2.11. The molecule has 1 atom stereocenters. The molecule has 1 rings (SSSR count). The third-order valence-electron chi connectivity index (χ3n) is 3.82. The number of hydrogen-bond acceptors (Lipinski definition) is 2. The molecule has 1 amide bonds. The third kappa shape index (κ3) is 8.60. The monoisotopic (exact) mass is 303 g/mol. The molecule has 0 spiro atoms. The first-order chi connectivity index (χ1) is 10.8. The van der Waals surface area contributed by atoms with Gasteiger partial charge in [-0.3, -0.25) is 4.79 Å². The Balaban J connectivity index is 2.15. The Bertz CT molecular complexity index is 417. The van der Waals surface area contributed by atoms with Crippen LogP contribution in [0.4, 0.5) is 0 Å². The highest BCUT2D eigenvalue weighted by Crippen LogP contribution is 2.08. The molecule has 0 saturated carbocycles. The SMILES string of the molecule is CCCCCCCCCC(=O)N[C@H](C=O)Cc1ccccc1. The molecular weight excluding hydrogens is 274 g/mol. The smallest absolute Gasteiger partial charge is 0.220 e. The molecule has 0 aromatic heterocycles. The summed E-state index contributed by atoms with van der Waals surface area (Å²) in [5, 5.41) is 2.82. The van der Waals surface area contributed by atoms with Gasteiger partial charge in [-0.05, 0) is 18.4 Å². The Morgan fingerprint density at radius 2 is 1.68 bits per heavy atom. The summed E-state index contributed by atoms with van der Waals surface area (Å²) in [6.07, 6.45) is 10.3. The summed E-state index contributed by atoms with van der Waals surface area (Å²) in [6, 6.07) is 9.35. The number of nitrogens with one attached hydrogen (secondary N) is 1. The van der Waals surface area contributed by atoms with Crippen LogP contribution in [0.1, 0.15) is 63.9 Å². The summed E-state index contributed by atoms with van der Waals surface area (Å²) in [5.41, 5.74) is 1.07. The van der Waals surface area contributed by atoms with Crippen LogP contribution in [-0.4, -0.2) is 18.2 Å². The molecule has 3 heteroatoms. The highest BCUT2D eigenvalue weighted by atomic mass is 16.2. The molecule has 0 heterocycles. The van der Waals surface area contributed by atoms with Crippen LogP contribution in [-0.2, 0) is 16.0 Å². The molecule has 0 unspecified atom stereocenters. The second-order valence-corrected chi connectivity index (χ2v) is 5.87. The van der Waals surface area contributed by atoms with Gasteiger partial charge in [0.15, 0.2) is 0 Å². The van der Waals surface area contributed by atoms with E-state index in [1.165, 1.54) is 32.1 Å². The molecule has 0 fully saturated rings. The van der Waals surface area contributed by atoms with Crippen molar-refractivity contribution in [1.29, 1.82) is 0 Å². The largest absolute Gasteiger partial charge is 0.346 e. The molecular formula is C19H29NO2. The molecule has 0 saturated heterocycles. The number of unbranched alkanes of at least 4 members (excludes halogenated alkanes) is 6. The average Bonchev–Trinajstić information content (AvgIpc) is 2.54. The van der Waals surface area contributed by atoms with Gasteiger partial charge in [0.05, 0.1) is 6.04 Å². The Labute approximate surface area is 134 Å². The molecule has 0 aliphatic carbocycles. The molecule has 0 aliphatic heterocycles. The van der Waals surface area contributed by atoms with Crippen LogP contribution in [0.25, 0.3) is 0 Å². The standard InChI is InChI=1S/C19H29NO2/c1-2-3-4-5-6-7-11-14-19(22)20-18(16-21)15-17-12-9-8-10-13-17/h8-10,12-13,16,18H,2-7,11,14-15H2,1H3,(H,20,22)/t18-/m0/s1. The van der Waals surface area contributed by atoms with E-state index in [1.54, 1.807) is 0 Å². The lowest BCUT2D eigenvalue weighted by molar-refractivity contribution is -0.124. The number of carbonyl (C=O) groups is 2. The van der Waals surface area contributed by atoms with Crippen molar-refractivity contribution in [3.8, 4) is 0 Å². The van der Waals surface area contributed by atoms with E-state index in [4.69, 9.17) is 0 Å². The normalized spacial score (nSPS) is 11.9. The molecule has 22 heavy (non-hydrogen) atoms. The van der Waals surface area contributed by atoms with Crippen LogP contribution in [0.5, 0.6) is 0 Å². The first-order valence-corrected chi connectivity index (χ1v) is 8.54. The molecule has 3 nitrogen and oxygen atoms in total. The van der Waals surface area contributed by atoms with Crippen molar-refractivity contribution in [1.82, 2.24) is 5.32 Å². The van der Waals surface area contributed by atoms with E-state index in [0.717, 1.165) is 24.7 Å². The van der Waals surface area contributed by atoms with Crippen LogP contribution in [0.2, 0.25) is 0 Å². The van der Waals surface area contributed by atoms with Crippen molar-refractivity contribution < 1.29 is 9.59 Å². The van der Waals surface area contributed by atoms with Gasteiger partial charge in [-0.2, -0.15) is 0 Å². The zero-order valence-corrected chi connectivity index (χ0v) is 13.7. The zero-order chi connectivity index (χ0) is 16.0. The molecule has 0 aliphatic rings. The topological polar surface area (TPSA) is 46.2 Å². The fourth-order valence-corrected chi connectivity index (χ4v) is 2.52. The van der Waals surface area contributed by atoms with Gasteiger partial charge < -0.3 is 10.1 Å². The van der Waals surface area contributed by atoms with Gasteiger partial charge in [-0.25, -0.2) is 0 Å². The quantitative estimate of drug-likeness (QED) is 0.467. The summed E-state index contributed by atoms with van der Waals surface area (Å²) in [5.74, 6) is -0.0124. The summed E-state index contributed by atoms with van der Waals surface area (Å²) in [7, 11) is 0. The number of rotatable bonds is 12. The summed E-state index contributed by atoms with van der Waals surface area (Å²) >= 11 is 0. The minimum Gasteiger partial charge on any atom is -0.346 e. The van der Waals surface area contributed by atoms with Crippen LogP contribution >= 0.6 is 0 Å². The van der Waals surface area contributed by atoms with Gasteiger partial charge in [-0.1, -0.05) is 75.8 Å². The van der Waals surface area contributed by atoms with Crippen molar-refractivity contribution in [3.05, 3.63) is 35.9 Å². The molecule has 1 N–H and O–H groups in total. The maximum absolute atomic E-state index is 11.9. The Morgan fingerprint density at radius 3 is 2.32 bits per heavy atom. The maximum atomic E-state index is 11.9. The van der Waals surface area contributed by atoms with Gasteiger partial charge in [0.25, 0.3) is 0 Å². The van der Waals surface area contributed by atoms with Gasteiger partial charge >= 0.3 is 0 Å². The second-order valence-electron chi connectivity index (χ2n) is 5.87. The molecule has 0 radical (unpaired) electrons. The van der Waals surface area contributed by atoms with Crippen LogP contribution in [0.15, 0.2) is 30.3 Å². The van der Waals surface area contributed by atoms with Gasteiger partial charge in [0.1, 0.15) is 6.29 Å². The average molecular weight is 303 g/mol. The number of benzene rings is 1. The minimum atomic E-state index is -0.417. The van der Waals surface area contributed by atoms with Crippen LogP contribution in [0.3, 0.4) is 0 Å².